The Labute approximate surface area is 106 Å². The summed E-state index contributed by atoms with van der Waals surface area (Å²) < 4.78 is 7.07. The van der Waals surface area contributed by atoms with Crippen molar-refractivity contribution in [2.75, 3.05) is 13.2 Å². The largest absolute Gasteiger partial charge is 0.381 e. The molecule has 1 aliphatic heterocycles. The molecule has 4 nitrogen and oxygen atoms in total. The summed E-state index contributed by atoms with van der Waals surface area (Å²) in [6.07, 6.45) is 2.75. The Morgan fingerprint density at radius 3 is 2.88 bits per heavy atom. The van der Waals surface area contributed by atoms with Gasteiger partial charge < -0.3 is 4.74 Å². The van der Waals surface area contributed by atoms with Crippen molar-refractivity contribution in [3.63, 3.8) is 0 Å². The molecule has 1 aliphatic rings. The van der Waals surface area contributed by atoms with Gasteiger partial charge in [-0.1, -0.05) is 18.5 Å². The van der Waals surface area contributed by atoms with Gasteiger partial charge in [0, 0.05) is 32.2 Å². The predicted octanol–water partition coefficient (Wildman–Crippen LogP) is 1.89. The van der Waals surface area contributed by atoms with Gasteiger partial charge in [0.25, 0.3) is 5.56 Å². The number of aromatic nitrogens is 2. The second-order valence-corrected chi connectivity index (χ2v) is 4.74. The number of halogens is 1. The molecule has 5 heteroatoms. The lowest BCUT2D eigenvalue weighted by Crippen LogP contribution is -2.30. The molecule has 94 valence electrons. The molecule has 17 heavy (non-hydrogen) atoms. The molecular weight excluding hydrogens is 240 g/mol. The van der Waals surface area contributed by atoms with E-state index >= 15 is 0 Å². The molecule has 2 rings (SSSR count). The van der Waals surface area contributed by atoms with E-state index in [2.05, 4.69) is 4.98 Å². The first-order valence-corrected chi connectivity index (χ1v) is 6.42. The highest BCUT2D eigenvalue weighted by Gasteiger charge is 2.16. The highest BCUT2D eigenvalue weighted by Crippen LogP contribution is 2.17. The lowest BCUT2D eigenvalue weighted by atomic mass is 10.0. The zero-order chi connectivity index (χ0) is 12.3. The predicted molar refractivity (Wildman–Crippen MR) is 66.4 cm³/mol. The molecule has 0 aromatic carbocycles. The molecule has 0 spiro atoms. The summed E-state index contributed by atoms with van der Waals surface area (Å²) in [5.41, 5.74) is -0.0478. The average Bonchev–Trinajstić information content (AvgIpc) is 2.33. The van der Waals surface area contributed by atoms with Gasteiger partial charge in [0.2, 0.25) is 0 Å². The van der Waals surface area contributed by atoms with Crippen LogP contribution in [-0.4, -0.2) is 22.8 Å². The average molecular weight is 257 g/mol. The van der Waals surface area contributed by atoms with Crippen molar-refractivity contribution < 1.29 is 4.74 Å². The van der Waals surface area contributed by atoms with Crippen molar-refractivity contribution >= 4 is 11.6 Å². The molecule has 0 bridgehead atoms. The highest BCUT2D eigenvalue weighted by molar-refractivity contribution is 6.29. The van der Waals surface area contributed by atoms with Crippen LogP contribution >= 0.6 is 11.6 Å². The van der Waals surface area contributed by atoms with Gasteiger partial charge in [-0.25, -0.2) is 4.98 Å². The summed E-state index contributed by atoms with van der Waals surface area (Å²) in [6.45, 7) is 4.30. The van der Waals surface area contributed by atoms with Crippen LogP contribution in [0.15, 0.2) is 10.9 Å². The zero-order valence-electron chi connectivity index (χ0n) is 9.99. The van der Waals surface area contributed by atoms with E-state index in [1.165, 1.54) is 6.07 Å². The van der Waals surface area contributed by atoms with E-state index < -0.39 is 0 Å². The molecule has 1 aromatic heterocycles. The SMILES string of the molecule is CCc1nc(Cl)cc(=O)n1CC1CCOCC1. The van der Waals surface area contributed by atoms with Crippen molar-refractivity contribution in [3.8, 4) is 0 Å². The first-order chi connectivity index (χ1) is 8.20. The third-order valence-corrected chi connectivity index (χ3v) is 3.35. The van der Waals surface area contributed by atoms with Crippen molar-refractivity contribution in [1.29, 1.82) is 0 Å². The lowest BCUT2D eigenvalue weighted by Gasteiger charge is -2.23. The molecule has 0 radical (unpaired) electrons. The van der Waals surface area contributed by atoms with Gasteiger partial charge in [-0.2, -0.15) is 0 Å². The minimum absolute atomic E-state index is 0.0478. The van der Waals surface area contributed by atoms with E-state index in [0.717, 1.165) is 44.8 Å². The molecule has 2 heterocycles. The fourth-order valence-corrected chi connectivity index (χ4v) is 2.37. The monoisotopic (exact) mass is 256 g/mol. The van der Waals surface area contributed by atoms with Crippen molar-refractivity contribution in [1.82, 2.24) is 9.55 Å². The Balaban J connectivity index is 2.21. The Bertz CT molecular complexity index is 439. The lowest BCUT2D eigenvalue weighted by molar-refractivity contribution is 0.0606. The molecular formula is C12H17ClN2O2. The number of hydrogen-bond donors (Lipinski definition) is 0. The number of nitrogens with zero attached hydrogens (tertiary/aromatic N) is 2. The molecule has 0 N–H and O–H groups in total. The maximum absolute atomic E-state index is 11.9. The minimum Gasteiger partial charge on any atom is -0.381 e. The Kier molecular flexibility index (Phi) is 4.18. The summed E-state index contributed by atoms with van der Waals surface area (Å²) >= 11 is 5.80. The normalized spacial score (nSPS) is 17.3. The van der Waals surface area contributed by atoms with Gasteiger partial charge in [-0.15, -0.1) is 0 Å². The van der Waals surface area contributed by atoms with E-state index in [9.17, 15) is 4.79 Å². The van der Waals surface area contributed by atoms with Gasteiger partial charge >= 0.3 is 0 Å². The van der Waals surface area contributed by atoms with E-state index in [0.29, 0.717) is 5.92 Å². The van der Waals surface area contributed by atoms with Gasteiger partial charge in [-0.3, -0.25) is 9.36 Å². The number of aryl methyl sites for hydroxylation is 1. The summed E-state index contributed by atoms with van der Waals surface area (Å²) in [5, 5.41) is 0.287. The molecule has 0 atom stereocenters. The van der Waals surface area contributed by atoms with Crippen LogP contribution in [0.4, 0.5) is 0 Å². The number of ether oxygens (including phenoxy) is 1. The van der Waals surface area contributed by atoms with Crippen LogP contribution in [-0.2, 0) is 17.7 Å². The molecule has 1 saturated heterocycles. The Morgan fingerprint density at radius 2 is 2.24 bits per heavy atom. The van der Waals surface area contributed by atoms with Gasteiger partial charge in [0.15, 0.2) is 0 Å². The van der Waals surface area contributed by atoms with Crippen LogP contribution in [0.1, 0.15) is 25.6 Å². The minimum atomic E-state index is -0.0478. The third kappa shape index (κ3) is 3.07. The molecule has 1 fully saturated rings. The van der Waals surface area contributed by atoms with Crippen molar-refractivity contribution in [2.24, 2.45) is 5.92 Å². The van der Waals surface area contributed by atoms with Crippen LogP contribution in [0.5, 0.6) is 0 Å². The van der Waals surface area contributed by atoms with Crippen LogP contribution < -0.4 is 5.56 Å². The number of rotatable bonds is 3. The maximum Gasteiger partial charge on any atom is 0.254 e. The zero-order valence-corrected chi connectivity index (χ0v) is 10.7. The van der Waals surface area contributed by atoms with Crippen LogP contribution in [0.25, 0.3) is 0 Å². The van der Waals surface area contributed by atoms with E-state index in [1.54, 1.807) is 4.57 Å². The van der Waals surface area contributed by atoms with Gasteiger partial charge in [0.1, 0.15) is 11.0 Å². The van der Waals surface area contributed by atoms with Crippen LogP contribution in [0.2, 0.25) is 5.15 Å². The standard InChI is InChI=1S/C12H17ClN2O2/c1-2-11-14-10(13)7-12(16)15(11)8-9-3-5-17-6-4-9/h7,9H,2-6,8H2,1H3. The third-order valence-electron chi connectivity index (χ3n) is 3.15. The van der Waals surface area contributed by atoms with Gasteiger partial charge in [0.05, 0.1) is 0 Å². The Morgan fingerprint density at radius 1 is 1.53 bits per heavy atom. The topological polar surface area (TPSA) is 44.1 Å². The summed E-state index contributed by atoms with van der Waals surface area (Å²) in [7, 11) is 0. The first-order valence-electron chi connectivity index (χ1n) is 6.04. The summed E-state index contributed by atoms with van der Waals surface area (Å²) in [6, 6.07) is 1.39. The van der Waals surface area contributed by atoms with E-state index in [-0.39, 0.29) is 10.7 Å². The fourth-order valence-electron chi connectivity index (χ4n) is 2.18. The van der Waals surface area contributed by atoms with Crippen LogP contribution in [0.3, 0.4) is 0 Å². The summed E-state index contributed by atoms with van der Waals surface area (Å²) in [4.78, 5) is 16.1. The molecule has 0 amide bonds. The van der Waals surface area contributed by atoms with E-state index in [1.807, 2.05) is 6.92 Å². The van der Waals surface area contributed by atoms with Crippen LogP contribution in [0, 0.1) is 5.92 Å². The quantitative estimate of drug-likeness (QED) is 0.776. The maximum atomic E-state index is 11.9. The fraction of sp³-hybridized carbons (Fsp3) is 0.667. The van der Waals surface area contributed by atoms with Crippen molar-refractivity contribution in [2.45, 2.75) is 32.7 Å². The summed E-state index contributed by atoms with van der Waals surface area (Å²) in [5.74, 6) is 1.28. The first kappa shape index (κ1) is 12.6. The highest BCUT2D eigenvalue weighted by atomic mass is 35.5. The second-order valence-electron chi connectivity index (χ2n) is 4.35. The molecule has 0 unspecified atom stereocenters. The Hall–Kier alpha value is -0.870. The molecule has 1 aromatic rings. The molecule has 0 saturated carbocycles. The van der Waals surface area contributed by atoms with Gasteiger partial charge in [-0.05, 0) is 18.8 Å². The second kappa shape index (κ2) is 5.65. The molecule has 0 aliphatic carbocycles. The van der Waals surface area contributed by atoms with Crippen molar-refractivity contribution in [3.05, 3.63) is 27.4 Å². The smallest absolute Gasteiger partial charge is 0.254 e. The van der Waals surface area contributed by atoms with E-state index in [4.69, 9.17) is 16.3 Å². The number of hydrogen-bond acceptors (Lipinski definition) is 3.